The predicted molar refractivity (Wildman–Crippen MR) is 129 cm³/mol. The molecule has 2 aromatic rings. The number of carbonyl (C=O) groups is 1. The largest absolute Gasteiger partial charge is 0.504 e. The summed E-state index contributed by atoms with van der Waals surface area (Å²) in [6, 6.07) is 9.29. The van der Waals surface area contributed by atoms with Gasteiger partial charge in [-0.2, -0.15) is 0 Å². The number of aliphatic hydroxyl groups is 5. The van der Waals surface area contributed by atoms with Gasteiger partial charge in [0.25, 0.3) is 0 Å². The minimum Gasteiger partial charge on any atom is -0.504 e. The summed E-state index contributed by atoms with van der Waals surface area (Å²) in [6.07, 6.45) is -8.07. The minimum absolute atomic E-state index is 0.0172. The predicted octanol–water partition coefficient (Wildman–Crippen LogP) is -0.347. The first-order valence-electron chi connectivity index (χ1n) is 12.0. The fourth-order valence-electron chi connectivity index (χ4n) is 4.73. The molecular formula is C26H32O12. The van der Waals surface area contributed by atoms with Gasteiger partial charge in [0, 0.05) is 5.92 Å². The highest BCUT2D eigenvalue weighted by atomic mass is 16.7. The SMILES string of the molecule is COc1cc(C(O)[C@@H]2COC(=O)[C@H]2Cc2ccc(O[C@@H]3O[C@H](CO)[C@@H](O)[C@H](O)[C@H]3O)c(OC)c2)ccc1O. The van der Waals surface area contributed by atoms with Gasteiger partial charge in [0.1, 0.15) is 24.4 Å². The number of aromatic hydroxyl groups is 1. The lowest BCUT2D eigenvalue weighted by atomic mass is 9.83. The highest BCUT2D eigenvalue weighted by molar-refractivity contribution is 5.75. The molecule has 0 spiro atoms. The van der Waals surface area contributed by atoms with E-state index >= 15 is 0 Å². The molecule has 208 valence electrons. The van der Waals surface area contributed by atoms with Gasteiger partial charge < -0.3 is 54.3 Å². The molecule has 1 unspecified atom stereocenters. The Morgan fingerprint density at radius 3 is 2.39 bits per heavy atom. The molecule has 0 aromatic heterocycles. The van der Waals surface area contributed by atoms with E-state index in [0.29, 0.717) is 11.1 Å². The smallest absolute Gasteiger partial charge is 0.309 e. The first kappa shape index (κ1) is 27.9. The number of aliphatic hydroxyl groups excluding tert-OH is 5. The third-order valence-electron chi connectivity index (χ3n) is 6.96. The van der Waals surface area contributed by atoms with Crippen LogP contribution in [0.2, 0.25) is 0 Å². The molecule has 0 amide bonds. The molecule has 12 nitrogen and oxygen atoms in total. The van der Waals surface area contributed by atoms with Crippen LogP contribution in [0.25, 0.3) is 0 Å². The van der Waals surface area contributed by atoms with Crippen molar-refractivity contribution < 1.29 is 59.1 Å². The average molecular weight is 537 g/mol. The van der Waals surface area contributed by atoms with E-state index in [-0.39, 0.29) is 36.0 Å². The van der Waals surface area contributed by atoms with E-state index in [1.54, 1.807) is 18.2 Å². The molecular weight excluding hydrogens is 504 g/mol. The van der Waals surface area contributed by atoms with Crippen molar-refractivity contribution in [1.29, 1.82) is 0 Å². The molecule has 6 N–H and O–H groups in total. The van der Waals surface area contributed by atoms with Crippen LogP contribution in [0.15, 0.2) is 36.4 Å². The van der Waals surface area contributed by atoms with E-state index in [9.17, 15) is 35.4 Å². The third-order valence-corrected chi connectivity index (χ3v) is 6.96. The summed E-state index contributed by atoms with van der Waals surface area (Å²) in [5, 5.41) is 60.5. The van der Waals surface area contributed by atoms with Crippen LogP contribution >= 0.6 is 0 Å². The fourth-order valence-corrected chi connectivity index (χ4v) is 4.73. The molecule has 4 rings (SSSR count). The molecule has 2 fully saturated rings. The van der Waals surface area contributed by atoms with Gasteiger partial charge in [-0.15, -0.1) is 0 Å². The van der Waals surface area contributed by atoms with E-state index in [2.05, 4.69) is 0 Å². The normalized spacial score (nSPS) is 30.0. The van der Waals surface area contributed by atoms with Crippen LogP contribution in [-0.2, 0) is 20.7 Å². The number of cyclic esters (lactones) is 1. The van der Waals surface area contributed by atoms with Gasteiger partial charge in [0.2, 0.25) is 6.29 Å². The minimum atomic E-state index is -1.60. The van der Waals surface area contributed by atoms with Crippen molar-refractivity contribution in [2.75, 3.05) is 27.4 Å². The molecule has 0 aliphatic carbocycles. The van der Waals surface area contributed by atoms with Crippen LogP contribution in [0.4, 0.5) is 0 Å². The van der Waals surface area contributed by atoms with Gasteiger partial charge in [-0.05, 0) is 41.8 Å². The lowest BCUT2D eigenvalue weighted by Crippen LogP contribution is -2.60. The van der Waals surface area contributed by atoms with Crippen LogP contribution in [0.1, 0.15) is 17.2 Å². The summed E-state index contributed by atoms with van der Waals surface area (Å²) in [4.78, 5) is 12.6. The summed E-state index contributed by atoms with van der Waals surface area (Å²) < 4.78 is 26.9. The number of benzene rings is 2. The Kier molecular flexibility index (Phi) is 8.61. The standard InChI is InChI=1S/C26H32O12/c1-34-18-9-13(4-5-16(18)28)21(29)15-11-36-25(33)14(15)7-12-3-6-17(19(8-12)35-2)37-26-24(32)23(31)22(30)20(10-27)38-26/h3-6,8-9,14-15,20-24,26-32H,7,10-11H2,1-2H3/t14-,15+,20+,21?,22+,23-,24+,26+/m0/s1. The number of esters is 1. The second-order valence-corrected chi connectivity index (χ2v) is 9.28. The first-order chi connectivity index (χ1) is 18.2. The number of hydrogen-bond acceptors (Lipinski definition) is 12. The van der Waals surface area contributed by atoms with Crippen molar-refractivity contribution in [2.24, 2.45) is 11.8 Å². The van der Waals surface area contributed by atoms with Gasteiger partial charge in [-0.25, -0.2) is 0 Å². The molecule has 2 aliphatic heterocycles. The van der Waals surface area contributed by atoms with Crippen molar-refractivity contribution in [2.45, 2.75) is 43.2 Å². The zero-order valence-corrected chi connectivity index (χ0v) is 20.8. The van der Waals surface area contributed by atoms with Crippen LogP contribution < -0.4 is 14.2 Å². The van der Waals surface area contributed by atoms with Gasteiger partial charge in [0.15, 0.2) is 23.0 Å². The Bertz CT molecular complexity index is 1120. The molecule has 2 aliphatic rings. The molecule has 8 atom stereocenters. The Morgan fingerprint density at radius 2 is 1.71 bits per heavy atom. The number of phenols is 1. The molecule has 2 aromatic carbocycles. The molecule has 38 heavy (non-hydrogen) atoms. The van der Waals surface area contributed by atoms with Gasteiger partial charge in [0.05, 0.1) is 39.5 Å². The zero-order chi connectivity index (χ0) is 27.6. The van der Waals surface area contributed by atoms with Crippen molar-refractivity contribution >= 4 is 5.97 Å². The Labute approximate surface area is 218 Å². The maximum Gasteiger partial charge on any atom is 0.309 e. The molecule has 0 saturated carbocycles. The van der Waals surface area contributed by atoms with E-state index in [1.807, 2.05) is 0 Å². The molecule has 0 bridgehead atoms. The number of hydrogen-bond donors (Lipinski definition) is 6. The molecule has 2 saturated heterocycles. The summed E-state index contributed by atoms with van der Waals surface area (Å²) >= 11 is 0. The third kappa shape index (κ3) is 5.51. The number of methoxy groups -OCH3 is 2. The van der Waals surface area contributed by atoms with Crippen LogP contribution in [0.3, 0.4) is 0 Å². The first-order valence-corrected chi connectivity index (χ1v) is 12.0. The summed E-state index contributed by atoms with van der Waals surface area (Å²) in [5.74, 6) is -1.17. The van der Waals surface area contributed by atoms with E-state index in [1.165, 1.54) is 32.4 Å². The van der Waals surface area contributed by atoms with Crippen molar-refractivity contribution in [3.05, 3.63) is 47.5 Å². The molecule has 2 heterocycles. The van der Waals surface area contributed by atoms with Gasteiger partial charge >= 0.3 is 5.97 Å². The zero-order valence-electron chi connectivity index (χ0n) is 20.8. The van der Waals surface area contributed by atoms with Crippen LogP contribution in [-0.4, -0.2) is 94.7 Å². The Morgan fingerprint density at radius 1 is 0.974 bits per heavy atom. The average Bonchev–Trinajstić information content (AvgIpc) is 3.28. The van der Waals surface area contributed by atoms with Crippen molar-refractivity contribution in [3.8, 4) is 23.0 Å². The maximum absolute atomic E-state index is 12.6. The number of ether oxygens (including phenoxy) is 5. The van der Waals surface area contributed by atoms with Crippen molar-refractivity contribution in [1.82, 2.24) is 0 Å². The Hall–Kier alpha value is -3.13. The second kappa shape index (κ2) is 11.7. The molecule has 0 radical (unpaired) electrons. The van der Waals surface area contributed by atoms with E-state index in [4.69, 9.17) is 23.7 Å². The topological polar surface area (TPSA) is 185 Å². The highest BCUT2D eigenvalue weighted by Gasteiger charge is 2.45. The monoisotopic (exact) mass is 536 g/mol. The lowest BCUT2D eigenvalue weighted by molar-refractivity contribution is -0.277. The summed E-state index contributed by atoms with van der Waals surface area (Å²) in [7, 11) is 2.79. The number of rotatable bonds is 9. The fraction of sp³-hybridized carbons (Fsp3) is 0.500. The quantitative estimate of drug-likeness (QED) is 0.229. The van der Waals surface area contributed by atoms with E-state index in [0.717, 1.165) is 0 Å². The highest BCUT2D eigenvalue weighted by Crippen LogP contribution is 2.39. The number of carbonyl (C=O) groups excluding carboxylic acids is 1. The van der Waals surface area contributed by atoms with Crippen LogP contribution in [0, 0.1) is 11.8 Å². The van der Waals surface area contributed by atoms with Gasteiger partial charge in [-0.1, -0.05) is 12.1 Å². The van der Waals surface area contributed by atoms with E-state index < -0.39 is 61.2 Å². The van der Waals surface area contributed by atoms with Crippen LogP contribution in [0.5, 0.6) is 23.0 Å². The summed E-state index contributed by atoms with van der Waals surface area (Å²) in [5.41, 5.74) is 1.14. The second-order valence-electron chi connectivity index (χ2n) is 9.28. The van der Waals surface area contributed by atoms with Gasteiger partial charge in [-0.3, -0.25) is 4.79 Å². The molecule has 12 heteroatoms. The number of phenolic OH excluding ortho intramolecular Hbond substituents is 1. The maximum atomic E-state index is 12.6. The summed E-state index contributed by atoms with van der Waals surface area (Å²) in [6.45, 7) is -0.578. The van der Waals surface area contributed by atoms with Crippen molar-refractivity contribution in [3.63, 3.8) is 0 Å². The Balaban J connectivity index is 1.50. The lowest BCUT2D eigenvalue weighted by Gasteiger charge is -2.39.